The molecule has 1 heterocycles. The van der Waals surface area contributed by atoms with Crippen LogP contribution in [0.15, 0.2) is 41.1 Å². The van der Waals surface area contributed by atoms with E-state index in [1.807, 2.05) is 31.3 Å². The number of nitrogens with one attached hydrogen (secondary N) is 1. The molecule has 2 aromatic rings. The van der Waals surface area contributed by atoms with E-state index in [2.05, 4.69) is 26.2 Å². The Morgan fingerprint density at radius 3 is 2.79 bits per heavy atom. The number of hydrogen-bond donors (Lipinski definition) is 1. The Morgan fingerprint density at radius 1 is 1.26 bits per heavy atom. The quantitative estimate of drug-likeness (QED) is 0.916. The first-order chi connectivity index (χ1) is 9.24. The van der Waals surface area contributed by atoms with Crippen molar-refractivity contribution < 1.29 is 9.47 Å². The van der Waals surface area contributed by atoms with Crippen molar-refractivity contribution in [1.29, 1.82) is 0 Å². The molecular weight excluding hydrogens is 308 g/mol. The first-order valence-corrected chi connectivity index (χ1v) is 6.62. The van der Waals surface area contributed by atoms with Crippen molar-refractivity contribution in [3.8, 4) is 17.2 Å². The van der Waals surface area contributed by atoms with Gasteiger partial charge in [0, 0.05) is 24.5 Å². The molecule has 0 amide bonds. The molecule has 1 N–H and O–H groups in total. The van der Waals surface area contributed by atoms with E-state index < -0.39 is 0 Å². The molecule has 2 rings (SSSR count). The molecule has 0 bridgehead atoms. The highest BCUT2D eigenvalue weighted by Gasteiger charge is 2.08. The zero-order valence-electron chi connectivity index (χ0n) is 10.8. The summed E-state index contributed by atoms with van der Waals surface area (Å²) in [7, 11) is 3.52. The van der Waals surface area contributed by atoms with Crippen LogP contribution in [-0.2, 0) is 6.54 Å². The number of pyridine rings is 1. The fraction of sp³-hybridized carbons (Fsp3) is 0.214. The van der Waals surface area contributed by atoms with Gasteiger partial charge in [-0.05, 0) is 47.2 Å². The highest BCUT2D eigenvalue weighted by atomic mass is 79.9. The molecule has 100 valence electrons. The Labute approximate surface area is 120 Å². The van der Waals surface area contributed by atoms with E-state index in [4.69, 9.17) is 9.47 Å². The summed E-state index contributed by atoms with van der Waals surface area (Å²) < 4.78 is 11.9. The van der Waals surface area contributed by atoms with Gasteiger partial charge < -0.3 is 14.8 Å². The molecule has 0 aliphatic rings. The van der Waals surface area contributed by atoms with Crippen LogP contribution in [-0.4, -0.2) is 19.1 Å². The van der Waals surface area contributed by atoms with Crippen LogP contribution in [0, 0.1) is 0 Å². The molecule has 0 saturated heterocycles. The zero-order chi connectivity index (χ0) is 13.7. The lowest BCUT2D eigenvalue weighted by molar-refractivity contribution is 0.412. The van der Waals surface area contributed by atoms with Gasteiger partial charge in [-0.2, -0.15) is 0 Å². The predicted molar refractivity (Wildman–Crippen MR) is 77.8 cm³/mol. The Bertz CT molecular complexity index is 561. The SMILES string of the molecule is CNCc1cnccc1Oc1ccc(OC)cc1Br. The Balaban J connectivity index is 2.26. The monoisotopic (exact) mass is 322 g/mol. The average Bonchev–Trinajstić information content (AvgIpc) is 2.43. The third kappa shape index (κ3) is 3.45. The van der Waals surface area contributed by atoms with Crippen LogP contribution < -0.4 is 14.8 Å². The van der Waals surface area contributed by atoms with E-state index >= 15 is 0 Å². The van der Waals surface area contributed by atoms with Crippen LogP contribution in [0.5, 0.6) is 17.2 Å². The average molecular weight is 323 g/mol. The summed E-state index contributed by atoms with van der Waals surface area (Å²) in [5.74, 6) is 2.31. The van der Waals surface area contributed by atoms with Gasteiger partial charge in [0.05, 0.1) is 11.6 Å². The molecule has 4 nitrogen and oxygen atoms in total. The van der Waals surface area contributed by atoms with Crippen LogP contribution in [0.4, 0.5) is 0 Å². The molecule has 0 unspecified atom stereocenters. The second-order valence-electron chi connectivity index (χ2n) is 3.91. The first kappa shape index (κ1) is 13.8. The second kappa shape index (κ2) is 6.54. The molecule has 1 aromatic carbocycles. The van der Waals surface area contributed by atoms with E-state index in [-0.39, 0.29) is 0 Å². The van der Waals surface area contributed by atoms with Crippen LogP contribution in [0.25, 0.3) is 0 Å². The van der Waals surface area contributed by atoms with Gasteiger partial charge in [0.25, 0.3) is 0 Å². The van der Waals surface area contributed by atoms with E-state index in [0.717, 1.165) is 27.3 Å². The number of hydrogen-bond acceptors (Lipinski definition) is 4. The summed E-state index contributed by atoms with van der Waals surface area (Å²) in [6.07, 6.45) is 3.51. The van der Waals surface area contributed by atoms with Crippen molar-refractivity contribution in [2.24, 2.45) is 0 Å². The van der Waals surface area contributed by atoms with Gasteiger partial charge in [-0.25, -0.2) is 0 Å². The maximum atomic E-state index is 5.91. The van der Waals surface area contributed by atoms with Gasteiger partial charge in [-0.15, -0.1) is 0 Å². The zero-order valence-corrected chi connectivity index (χ0v) is 12.4. The minimum atomic E-state index is 0.705. The molecule has 0 atom stereocenters. The lowest BCUT2D eigenvalue weighted by Gasteiger charge is -2.12. The van der Waals surface area contributed by atoms with Crippen LogP contribution in [0.3, 0.4) is 0 Å². The van der Waals surface area contributed by atoms with Crippen molar-refractivity contribution >= 4 is 15.9 Å². The highest BCUT2D eigenvalue weighted by Crippen LogP contribution is 2.33. The number of benzene rings is 1. The molecule has 0 aliphatic carbocycles. The number of aromatic nitrogens is 1. The van der Waals surface area contributed by atoms with Crippen molar-refractivity contribution in [3.05, 3.63) is 46.7 Å². The second-order valence-corrected chi connectivity index (χ2v) is 4.77. The first-order valence-electron chi connectivity index (χ1n) is 5.83. The standard InChI is InChI=1S/C14H15BrN2O2/c1-16-8-10-9-17-6-5-13(10)19-14-4-3-11(18-2)7-12(14)15/h3-7,9,16H,8H2,1-2H3. The normalized spacial score (nSPS) is 10.3. The van der Waals surface area contributed by atoms with E-state index in [9.17, 15) is 0 Å². The number of halogens is 1. The van der Waals surface area contributed by atoms with Gasteiger partial charge in [-0.3, -0.25) is 4.98 Å². The summed E-state index contributed by atoms with van der Waals surface area (Å²) >= 11 is 3.47. The lowest BCUT2D eigenvalue weighted by atomic mass is 10.2. The summed E-state index contributed by atoms with van der Waals surface area (Å²) in [4.78, 5) is 4.10. The van der Waals surface area contributed by atoms with Crippen molar-refractivity contribution in [2.75, 3.05) is 14.2 Å². The minimum absolute atomic E-state index is 0.705. The molecule has 5 heteroatoms. The summed E-state index contributed by atoms with van der Waals surface area (Å²) in [5.41, 5.74) is 1.01. The maximum absolute atomic E-state index is 5.91. The van der Waals surface area contributed by atoms with E-state index in [1.54, 1.807) is 19.5 Å². The Kier molecular flexibility index (Phi) is 4.76. The number of methoxy groups -OCH3 is 1. The third-order valence-electron chi connectivity index (χ3n) is 2.59. The fourth-order valence-corrected chi connectivity index (χ4v) is 2.09. The summed E-state index contributed by atoms with van der Waals surface area (Å²) in [5, 5.41) is 3.09. The summed E-state index contributed by atoms with van der Waals surface area (Å²) in [6.45, 7) is 0.705. The molecule has 0 saturated carbocycles. The van der Waals surface area contributed by atoms with Crippen molar-refractivity contribution in [1.82, 2.24) is 10.3 Å². The molecule has 19 heavy (non-hydrogen) atoms. The van der Waals surface area contributed by atoms with Gasteiger partial charge in [0.1, 0.15) is 17.2 Å². The van der Waals surface area contributed by atoms with Crippen LogP contribution in [0.1, 0.15) is 5.56 Å². The van der Waals surface area contributed by atoms with Crippen molar-refractivity contribution in [3.63, 3.8) is 0 Å². The van der Waals surface area contributed by atoms with Gasteiger partial charge >= 0.3 is 0 Å². The van der Waals surface area contributed by atoms with Gasteiger partial charge in [-0.1, -0.05) is 0 Å². The Hall–Kier alpha value is -1.59. The number of rotatable bonds is 5. The molecule has 0 spiro atoms. The smallest absolute Gasteiger partial charge is 0.141 e. The number of ether oxygens (including phenoxy) is 2. The maximum Gasteiger partial charge on any atom is 0.141 e. The van der Waals surface area contributed by atoms with E-state index in [0.29, 0.717) is 6.54 Å². The molecule has 0 fully saturated rings. The minimum Gasteiger partial charge on any atom is -0.497 e. The van der Waals surface area contributed by atoms with Gasteiger partial charge in [0.2, 0.25) is 0 Å². The fourth-order valence-electron chi connectivity index (χ4n) is 1.65. The summed E-state index contributed by atoms with van der Waals surface area (Å²) in [6, 6.07) is 7.45. The van der Waals surface area contributed by atoms with E-state index in [1.165, 1.54) is 0 Å². The number of nitrogens with zero attached hydrogens (tertiary/aromatic N) is 1. The molecule has 0 radical (unpaired) electrons. The molecular formula is C14H15BrN2O2. The van der Waals surface area contributed by atoms with Gasteiger partial charge in [0.15, 0.2) is 0 Å². The molecule has 0 aliphatic heterocycles. The lowest BCUT2D eigenvalue weighted by Crippen LogP contribution is -2.06. The topological polar surface area (TPSA) is 43.4 Å². The van der Waals surface area contributed by atoms with Crippen molar-refractivity contribution in [2.45, 2.75) is 6.54 Å². The largest absolute Gasteiger partial charge is 0.497 e. The third-order valence-corrected chi connectivity index (χ3v) is 3.20. The highest BCUT2D eigenvalue weighted by molar-refractivity contribution is 9.10. The Morgan fingerprint density at radius 2 is 2.11 bits per heavy atom. The molecule has 1 aromatic heterocycles. The predicted octanol–water partition coefficient (Wildman–Crippen LogP) is 3.36. The van der Waals surface area contributed by atoms with Crippen LogP contribution in [0.2, 0.25) is 0 Å². The van der Waals surface area contributed by atoms with Crippen LogP contribution >= 0.6 is 15.9 Å².